The monoisotopic (exact) mass is 127 g/mol. The van der Waals surface area contributed by atoms with Crippen LogP contribution in [0.1, 0.15) is 13.8 Å². The van der Waals surface area contributed by atoms with E-state index in [4.69, 9.17) is 5.73 Å². The van der Waals surface area contributed by atoms with Crippen molar-refractivity contribution in [2.75, 3.05) is 0 Å². The Hall–Kier alpha value is -1.12. The van der Waals surface area contributed by atoms with E-state index < -0.39 is 5.91 Å². The van der Waals surface area contributed by atoms with Gasteiger partial charge in [-0.2, -0.15) is 0 Å². The molecule has 50 valence electrons. The number of carbonyl (C=O) groups excluding carboxylic acids is 2. The summed E-state index contributed by atoms with van der Waals surface area (Å²) >= 11 is 0. The minimum atomic E-state index is -0.542. The number of aldehydes is 1. The summed E-state index contributed by atoms with van der Waals surface area (Å²) in [5.41, 5.74) is 5.57. The Kier molecular flexibility index (Phi) is 2.64. The number of hydrogen-bond donors (Lipinski definition) is 1. The summed E-state index contributed by atoms with van der Waals surface area (Å²) in [6, 6.07) is 0. The van der Waals surface area contributed by atoms with Gasteiger partial charge in [0, 0.05) is 5.57 Å². The molecule has 0 atom stereocenters. The van der Waals surface area contributed by atoms with Crippen molar-refractivity contribution in [1.82, 2.24) is 0 Å². The van der Waals surface area contributed by atoms with E-state index in [1.165, 1.54) is 6.92 Å². The van der Waals surface area contributed by atoms with Gasteiger partial charge in [-0.15, -0.1) is 0 Å². The largest absolute Gasteiger partial charge is 0.366 e. The molecule has 0 aliphatic rings. The lowest BCUT2D eigenvalue weighted by molar-refractivity contribution is -0.115. The van der Waals surface area contributed by atoms with E-state index in [1.54, 1.807) is 6.92 Å². The molecule has 0 aromatic rings. The first-order chi connectivity index (χ1) is 4.09. The zero-order valence-corrected chi connectivity index (χ0v) is 5.47. The van der Waals surface area contributed by atoms with Gasteiger partial charge >= 0.3 is 0 Å². The van der Waals surface area contributed by atoms with Crippen LogP contribution in [0, 0.1) is 0 Å². The number of hydrogen-bond acceptors (Lipinski definition) is 2. The fourth-order valence-electron chi connectivity index (χ4n) is 0.283. The van der Waals surface area contributed by atoms with Gasteiger partial charge in [-0.25, -0.2) is 0 Å². The Morgan fingerprint density at radius 3 is 2.00 bits per heavy atom. The van der Waals surface area contributed by atoms with Gasteiger partial charge in [0.2, 0.25) is 5.91 Å². The van der Waals surface area contributed by atoms with Crippen molar-refractivity contribution in [3.63, 3.8) is 0 Å². The maximum atomic E-state index is 10.3. The van der Waals surface area contributed by atoms with Crippen LogP contribution in [0.5, 0.6) is 0 Å². The van der Waals surface area contributed by atoms with Crippen LogP contribution in [0.3, 0.4) is 0 Å². The van der Waals surface area contributed by atoms with E-state index in [9.17, 15) is 9.59 Å². The summed E-state index contributed by atoms with van der Waals surface area (Å²) in [6.07, 6.45) is 0.611. The minimum absolute atomic E-state index is 0.324. The second-order valence-corrected chi connectivity index (χ2v) is 1.79. The van der Waals surface area contributed by atoms with Crippen LogP contribution in [-0.2, 0) is 9.59 Å². The van der Waals surface area contributed by atoms with Gasteiger partial charge in [-0.1, -0.05) is 0 Å². The van der Waals surface area contributed by atoms with Crippen LogP contribution >= 0.6 is 0 Å². The molecule has 0 heterocycles. The Morgan fingerprint density at radius 1 is 1.44 bits per heavy atom. The highest BCUT2D eigenvalue weighted by Crippen LogP contribution is 1.97. The summed E-state index contributed by atoms with van der Waals surface area (Å²) < 4.78 is 0. The fraction of sp³-hybridized carbons (Fsp3) is 0.333. The molecule has 0 fully saturated rings. The lowest BCUT2D eigenvalue weighted by atomic mass is 10.2. The van der Waals surface area contributed by atoms with Crippen LogP contribution in [0.2, 0.25) is 0 Å². The van der Waals surface area contributed by atoms with Gasteiger partial charge in [0.1, 0.15) is 6.29 Å². The maximum Gasteiger partial charge on any atom is 0.244 e. The molecule has 0 saturated heterocycles. The smallest absolute Gasteiger partial charge is 0.244 e. The number of rotatable bonds is 2. The molecule has 2 N–H and O–H groups in total. The first kappa shape index (κ1) is 7.88. The molecule has 9 heavy (non-hydrogen) atoms. The zero-order valence-electron chi connectivity index (χ0n) is 5.47. The topological polar surface area (TPSA) is 60.2 Å². The lowest BCUT2D eigenvalue weighted by Gasteiger charge is -1.93. The maximum absolute atomic E-state index is 10.3. The van der Waals surface area contributed by atoms with E-state index in [1.807, 2.05) is 0 Å². The third-order valence-electron chi connectivity index (χ3n) is 1.14. The van der Waals surface area contributed by atoms with E-state index >= 15 is 0 Å². The molecule has 3 heteroatoms. The highest BCUT2D eigenvalue weighted by atomic mass is 16.1. The normalized spacial score (nSPS) is 12.2. The highest BCUT2D eigenvalue weighted by molar-refractivity contribution is 5.96. The van der Waals surface area contributed by atoms with Crippen molar-refractivity contribution in [2.45, 2.75) is 13.8 Å². The van der Waals surface area contributed by atoms with Crippen LogP contribution in [0.4, 0.5) is 0 Å². The zero-order chi connectivity index (χ0) is 7.44. The molecule has 0 spiro atoms. The Labute approximate surface area is 53.5 Å². The van der Waals surface area contributed by atoms with Gasteiger partial charge in [0.25, 0.3) is 0 Å². The molecule has 0 unspecified atom stereocenters. The highest BCUT2D eigenvalue weighted by Gasteiger charge is 1.99. The molecule has 0 bridgehead atoms. The van der Waals surface area contributed by atoms with Crippen molar-refractivity contribution in [2.24, 2.45) is 5.73 Å². The number of carbonyl (C=O) groups is 2. The predicted octanol–water partition coefficient (Wildman–Crippen LogP) is 0.00700. The average Bonchev–Trinajstić information content (AvgIpc) is 1.84. The first-order valence-electron chi connectivity index (χ1n) is 2.52. The lowest BCUT2D eigenvalue weighted by Crippen LogP contribution is -2.13. The van der Waals surface area contributed by atoms with E-state index in [-0.39, 0.29) is 0 Å². The molecule has 0 aliphatic carbocycles. The van der Waals surface area contributed by atoms with Gasteiger partial charge < -0.3 is 5.73 Å². The molecule has 0 rings (SSSR count). The average molecular weight is 127 g/mol. The number of amides is 1. The third kappa shape index (κ3) is 2.08. The summed E-state index contributed by atoms with van der Waals surface area (Å²) in [6.45, 7) is 3.07. The quantitative estimate of drug-likeness (QED) is 0.419. The van der Waals surface area contributed by atoms with Crippen molar-refractivity contribution < 1.29 is 9.59 Å². The number of nitrogens with two attached hydrogens (primary N) is 1. The second kappa shape index (κ2) is 3.02. The third-order valence-corrected chi connectivity index (χ3v) is 1.14. The molecular weight excluding hydrogens is 118 g/mol. The molecule has 0 aromatic carbocycles. The van der Waals surface area contributed by atoms with Crippen molar-refractivity contribution in [3.8, 4) is 0 Å². The molecule has 1 amide bonds. The van der Waals surface area contributed by atoms with Crippen LogP contribution in [0.15, 0.2) is 11.1 Å². The molecular formula is C6H9NO2. The van der Waals surface area contributed by atoms with Gasteiger partial charge in [0.15, 0.2) is 0 Å². The van der Waals surface area contributed by atoms with Crippen molar-refractivity contribution in [1.29, 1.82) is 0 Å². The van der Waals surface area contributed by atoms with E-state index in [0.717, 1.165) is 0 Å². The summed E-state index contributed by atoms with van der Waals surface area (Å²) in [5.74, 6) is -0.542. The minimum Gasteiger partial charge on any atom is -0.366 e. The number of allylic oxidation sites excluding steroid dienone is 1. The molecule has 0 aliphatic heterocycles. The SMILES string of the molecule is CC(C=O)=C(C)C(N)=O. The molecule has 3 nitrogen and oxygen atoms in total. The van der Waals surface area contributed by atoms with Crippen molar-refractivity contribution >= 4 is 12.2 Å². The standard InChI is InChI=1S/C6H9NO2/c1-4(3-8)5(2)6(7)9/h3H,1-2H3,(H2,7,9). The molecule has 0 aromatic heterocycles. The van der Waals surface area contributed by atoms with Gasteiger partial charge in [-0.3, -0.25) is 9.59 Å². The van der Waals surface area contributed by atoms with Crippen LogP contribution in [0.25, 0.3) is 0 Å². The first-order valence-corrected chi connectivity index (χ1v) is 2.52. The summed E-state index contributed by atoms with van der Waals surface area (Å²) in [4.78, 5) is 20.3. The summed E-state index contributed by atoms with van der Waals surface area (Å²) in [7, 11) is 0. The summed E-state index contributed by atoms with van der Waals surface area (Å²) in [5, 5.41) is 0. The molecule has 0 saturated carbocycles. The Balaban J connectivity index is 4.47. The van der Waals surface area contributed by atoms with Crippen LogP contribution in [-0.4, -0.2) is 12.2 Å². The van der Waals surface area contributed by atoms with Gasteiger partial charge in [0.05, 0.1) is 0 Å². The van der Waals surface area contributed by atoms with Gasteiger partial charge in [-0.05, 0) is 19.4 Å². The fourth-order valence-corrected chi connectivity index (χ4v) is 0.283. The van der Waals surface area contributed by atoms with E-state index in [0.29, 0.717) is 17.4 Å². The molecule has 0 radical (unpaired) electrons. The predicted molar refractivity (Wildman–Crippen MR) is 33.6 cm³/mol. The number of primary amides is 1. The van der Waals surface area contributed by atoms with Crippen LogP contribution < -0.4 is 5.73 Å². The van der Waals surface area contributed by atoms with E-state index in [2.05, 4.69) is 0 Å². The Morgan fingerprint density at radius 2 is 1.89 bits per heavy atom. The second-order valence-electron chi connectivity index (χ2n) is 1.79. The Bertz CT molecular complexity index is 170. The van der Waals surface area contributed by atoms with Crippen molar-refractivity contribution in [3.05, 3.63) is 11.1 Å².